The molecule has 0 heterocycles. The molecule has 0 aliphatic heterocycles. The Labute approximate surface area is 88.2 Å². The van der Waals surface area contributed by atoms with Crippen molar-refractivity contribution in [1.82, 2.24) is 8.12 Å². The lowest BCUT2D eigenvalue weighted by Gasteiger charge is -2.16. The zero-order valence-corrected chi connectivity index (χ0v) is 9.70. The van der Waals surface area contributed by atoms with Crippen molar-refractivity contribution in [1.29, 1.82) is 0 Å². The first kappa shape index (κ1) is 12.6. The number of aliphatic hydroxyl groups excluding tert-OH is 1. The molecule has 0 spiro atoms. The van der Waals surface area contributed by atoms with Gasteiger partial charge in [0.15, 0.2) is 0 Å². The highest BCUT2D eigenvalue weighted by Crippen LogP contribution is 1.94. The first-order valence-corrected chi connectivity index (χ1v) is 5.10. The zero-order valence-electron chi connectivity index (χ0n) is 7.54. The molecule has 0 aromatic heterocycles. The van der Waals surface area contributed by atoms with Gasteiger partial charge in [-0.05, 0) is 26.4 Å². The molecule has 0 saturated heterocycles. The van der Waals surface area contributed by atoms with Crippen LogP contribution in [0.3, 0.4) is 0 Å². The SMILES string of the molecule is CN(CCCO)CCCN(N)I. The zero-order chi connectivity index (χ0) is 9.40. The van der Waals surface area contributed by atoms with Crippen molar-refractivity contribution in [3.8, 4) is 0 Å². The molecule has 3 N–H and O–H groups in total. The fourth-order valence-electron chi connectivity index (χ4n) is 0.944. The first-order valence-electron chi connectivity index (χ1n) is 4.14. The van der Waals surface area contributed by atoms with E-state index >= 15 is 0 Å². The van der Waals surface area contributed by atoms with E-state index in [1.54, 1.807) is 3.22 Å². The summed E-state index contributed by atoms with van der Waals surface area (Å²) in [5.41, 5.74) is 0. The highest BCUT2D eigenvalue weighted by atomic mass is 127. The van der Waals surface area contributed by atoms with Gasteiger partial charge in [0, 0.05) is 42.6 Å². The lowest BCUT2D eigenvalue weighted by molar-refractivity contribution is 0.244. The Bertz CT molecular complexity index is 103. The van der Waals surface area contributed by atoms with Crippen molar-refractivity contribution < 1.29 is 5.11 Å². The summed E-state index contributed by atoms with van der Waals surface area (Å²) in [6, 6.07) is 0. The molecular weight excluding hydrogens is 269 g/mol. The topological polar surface area (TPSA) is 52.7 Å². The van der Waals surface area contributed by atoms with Crippen LogP contribution in [-0.2, 0) is 0 Å². The van der Waals surface area contributed by atoms with Gasteiger partial charge in [-0.2, -0.15) is 3.22 Å². The van der Waals surface area contributed by atoms with Crippen LogP contribution in [-0.4, -0.2) is 46.5 Å². The third-order valence-electron chi connectivity index (χ3n) is 1.61. The molecule has 12 heavy (non-hydrogen) atoms. The standard InChI is InChI=1S/C7H18IN3O/c1-10(5-3-7-12)4-2-6-11(8)9/h12H,2-7,9H2,1H3. The van der Waals surface area contributed by atoms with E-state index in [0.717, 1.165) is 32.5 Å². The molecule has 0 aliphatic rings. The van der Waals surface area contributed by atoms with Crippen LogP contribution in [0.1, 0.15) is 12.8 Å². The van der Waals surface area contributed by atoms with Crippen molar-refractivity contribution >= 4 is 22.9 Å². The van der Waals surface area contributed by atoms with Crippen LogP contribution >= 0.6 is 22.9 Å². The number of hydrogen-bond donors (Lipinski definition) is 2. The second-order valence-corrected chi connectivity index (χ2v) is 4.10. The fraction of sp³-hybridized carbons (Fsp3) is 1.00. The maximum atomic E-state index is 8.57. The van der Waals surface area contributed by atoms with E-state index in [9.17, 15) is 0 Å². The second kappa shape index (κ2) is 8.18. The molecule has 0 bridgehead atoms. The van der Waals surface area contributed by atoms with Gasteiger partial charge < -0.3 is 10.0 Å². The third kappa shape index (κ3) is 8.66. The predicted molar refractivity (Wildman–Crippen MR) is 58.7 cm³/mol. The molecule has 0 fully saturated rings. The van der Waals surface area contributed by atoms with Crippen LogP contribution in [0.4, 0.5) is 0 Å². The van der Waals surface area contributed by atoms with E-state index < -0.39 is 0 Å². The van der Waals surface area contributed by atoms with E-state index in [2.05, 4.69) is 34.8 Å². The van der Waals surface area contributed by atoms with E-state index in [4.69, 9.17) is 10.9 Å². The number of hydrogen-bond acceptors (Lipinski definition) is 4. The second-order valence-electron chi connectivity index (χ2n) is 2.86. The molecule has 0 unspecified atom stereocenters. The number of nitrogens with two attached hydrogens (primary N) is 1. The van der Waals surface area contributed by atoms with Gasteiger partial charge in [-0.25, -0.2) is 0 Å². The maximum absolute atomic E-state index is 8.57. The number of rotatable bonds is 7. The van der Waals surface area contributed by atoms with Crippen LogP contribution in [0, 0.1) is 0 Å². The van der Waals surface area contributed by atoms with Gasteiger partial charge in [0.05, 0.1) is 0 Å². The summed E-state index contributed by atoms with van der Waals surface area (Å²) in [7, 11) is 2.06. The molecular formula is C7H18IN3O. The molecule has 0 atom stereocenters. The minimum Gasteiger partial charge on any atom is -0.396 e. The van der Waals surface area contributed by atoms with Gasteiger partial charge in [-0.15, -0.1) is 0 Å². The molecule has 0 amide bonds. The third-order valence-corrected chi connectivity index (χ3v) is 2.09. The Morgan fingerprint density at radius 3 is 2.33 bits per heavy atom. The number of aliphatic hydroxyl groups is 1. The largest absolute Gasteiger partial charge is 0.396 e. The Balaban J connectivity index is 3.13. The highest BCUT2D eigenvalue weighted by Gasteiger charge is 1.98. The number of halogens is 1. The van der Waals surface area contributed by atoms with E-state index in [-0.39, 0.29) is 6.61 Å². The van der Waals surface area contributed by atoms with Gasteiger partial charge in [0.2, 0.25) is 0 Å². The lowest BCUT2D eigenvalue weighted by atomic mass is 10.3. The average Bonchev–Trinajstić information content (AvgIpc) is 2.00. The molecule has 5 heteroatoms. The van der Waals surface area contributed by atoms with Crippen molar-refractivity contribution in [2.24, 2.45) is 5.84 Å². The summed E-state index contributed by atoms with van der Waals surface area (Å²) < 4.78 is 1.66. The summed E-state index contributed by atoms with van der Waals surface area (Å²) in [6.07, 6.45) is 1.93. The molecule has 4 nitrogen and oxygen atoms in total. The number of hydrazine groups is 1. The number of nitrogens with zero attached hydrogens (tertiary/aromatic N) is 2. The summed E-state index contributed by atoms with van der Waals surface area (Å²) in [5.74, 6) is 5.44. The van der Waals surface area contributed by atoms with Crippen molar-refractivity contribution in [2.45, 2.75) is 12.8 Å². The molecule has 0 saturated carbocycles. The minimum absolute atomic E-state index is 0.277. The highest BCUT2D eigenvalue weighted by molar-refractivity contribution is 14.1. The van der Waals surface area contributed by atoms with Crippen molar-refractivity contribution in [2.75, 3.05) is 33.3 Å². The smallest absolute Gasteiger partial charge is 0.0443 e. The summed E-state index contributed by atoms with van der Waals surface area (Å²) in [5, 5.41) is 8.57. The first-order chi connectivity index (χ1) is 5.66. The molecule has 0 radical (unpaired) electrons. The Morgan fingerprint density at radius 2 is 1.83 bits per heavy atom. The molecule has 0 rings (SSSR count). The summed E-state index contributed by atoms with van der Waals surface area (Å²) in [4.78, 5) is 2.20. The van der Waals surface area contributed by atoms with Gasteiger partial charge >= 0.3 is 0 Å². The van der Waals surface area contributed by atoms with Crippen LogP contribution in [0.5, 0.6) is 0 Å². The van der Waals surface area contributed by atoms with Crippen LogP contribution in [0.2, 0.25) is 0 Å². The fourth-order valence-corrected chi connectivity index (χ4v) is 1.29. The predicted octanol–water partition coefficient (Wildman–Crippen LogP) is 0.216. The van der Waals surface area contributed by atoms with Crippen LogP contribution < -0.4 is 5.84 Å². The normalized spacial score (nSPS) is 11.5. The quantitative estimate of drug-likeness (QED) is 0.304. The Morgan fingerprint density at radius 1 is 1.25 bits per heavy atom. The molecule has 0 aromatic rings. The van der Waals surface area contributed by atoms with Gasteiger partial charge in [-0.1, -0.05) is 0 Å². The summed E-state index contributed by atoms with van der Waals surface area (Å²) >= 11 is 2.07. The van der Waals surface area contributed by atoms with E-state index in [1.807, 2.05) is 0 Å². The van der Waals surface area contributed by atoms with Crippen LogP contribution in [0.25, 0.3) is 0 Å². The lowest BCUT2D eigenvalue weighted by Crippen LogP contribution is -2.27. The molecule has 0 aliphatic carbocycles. The van der Waals surface area contributed by atoms with Crippen LogP contribution in [0.15, 0.2) is 0 Å². The monoisotopic (exact) mass is 287 g/mol. The Kier molecular flexibility index (Phi) is 8.57. The van der Waals surface area contributed by atoms with E-state index in [0.29, 0.717) is 0 Å². The van der Waals surface area contributed by atoms with E-state index in [1.165, 1.54) is 0 Å². The molecule has 0 aromatic carbocycles. The molecule has 74 valence electrons. The summed E-state index contributed by atoms with van der Waals surface area (Å²) in [6.45, 7) is 3.18. The minimum atomic E-state index is 0.277. The van der Waals surface area contributed by atoms with Crippen molar-refractivity contribution in [3.05, 3.63) is 0 Å². The Hall–Kier alpha value is 0.570. The van der Waals surface area contributed by atoms with Gasteiger partial charge in [-0.3, -0.25) is 5.84 Å². The van der Waals surface area contributed by atoms with Gasteiger partial charge in [0.1, 0.15) is 0 Å². The van der Waals surface area contributed by atoms with Gasteiger partial charge in [0.25, 0.3) is 0 Å². The maximum Gasteiger partial charge on any atom is 0.0443 e. The average molecular weight is 287 g/mol. The van der Waals surface area contributed by atoms with Crippen molar-refractivity contribution in [3.63, 3.8) is 0 Å².